The fourth-order valence-electron chi connectivity index (χ4n) is 3.72. The van der Waals surface area contributed by atoms with Gasteiger partial charge in [-0.25, -0.2) is 4.79 Å². The summed E-state index contributed by atoms with van der Waals surface area (Å²) in [5.74, 6) is -1.27. The number of ether oxygens (including phenoxy) is 2. The molecule has 0 saturated carbocycles. The zero-order valence-corrected chi connectivity index (χ0v) is 20.6. The van der Waals surface area contributed by atoms with E-state index >= 15 is 0 Å². The van der Waals surface area contributed by atoms with Crippen molar-refractivity contribution < 1.29 is 28.7 Å². The smallest absolute Gasteiger partial charge is 0.355 e. The lowest BCUT2D eigenvalue weighted by atomic mass is 10.0. The number of esters is 1. The first-order valence-electron chi connectivity index (χ1n) is 11.3. The molecule has 2 aromatic carbocycles. The van der Waals surface area contributed by atoms with E-state index in [1.165, 1.54) is 16.7 Å². The van der Waals surface area contributed by atoms with Crippen molar-refractivity contribution in [1.29, 1.82) is 0 Å². The number of fused-ring (bicyclic) bond motifs is 1. The second kappa shape index (κ2) is 11.2. The minimum Gasteiger partial charge on any atom is -0.497 e. The lowest BCUT2D eigenvalue weighted by Gasteiger charge is -2.49. The largest absolute Gasteiger partial charge is 0.497 e. The predicted molar refractivity (Wildman–Crippen MR) is 133 cm³/mol. The SMILES string of the molecule is CCC(=O)NC1C(=O)N2C(C(=O)OCc3ccc(OC)cc3)=C(C(=O)NNc3ccccc3)CS[C@@H]12. The summed E-state index contributed by atoms with van der Waals surface area (Å²) in [7, 11) is 1.55. The molecule has 2 aromatic rings. The zero-order chi connectivity index (χ0) is 25.7. The number of hydrogen-bond donors (Lipinski definition) is 3. The summed E-state index contributed by atoms with van der Waals surface area (Å²) in [6, 6.07) is 15.2. The molecule has 188 valence electrons. The maximum Gasteiger partial charge on any atom is 0.355 e. The molecule has 1 unspecified atom stereocenters. The molecule has 4 rings (SSSR count). The summed E-state index contributed by atoms with van der Waals surface area (Å²) in [5.41, 5.74) is 6.73. The van der Waals surface area contributed by atoms with Gasteiger partial charge in [0, 0.05) is 12.2 Å². The number of β-lactam (4-membered cyclic amide) rings is 1. The van der Waals surface area contributed by atoms with Gasteiger partial charge in [0.15, 0.2) is 0 Å². The van der Waals surface area contributed by atoms with Crippen LogP contribution in [0.2, 0.25) is 0 Å². The number of nitrogens with zero attached hydrogens (tertiary/aromatic N) is 1. The van der Waals surface area contributed by atoms with E-state index in [2.05, 4.69) is 16.2 Å². The van der Waals surface area contributed by atoms with Crippen molar-refractivity contribution in [3.8, 4) is 5.75 Å². The van der Waals surface area contributed by atoms with Crippen LogP contribution in [0.1, 0.15) is 18.9 Å². The van der Waals surface area contributed by atoms with Gasteiger partial charge in [0.25, 0.3) is 11.8 Å². The molecule has 0 bridgehead atoms. The summed E-state index contributed by atoms with van der Waals surface area (Å²) < 4.78 is 10.6. The number of rotatable bonds is 9. The van der Waals surface area contributed by atoms with Crippen molar-refractivity contribution in [3.05, 3.63) is 71.4 Å². The maximum atomic E-state index is 13.2. The number of benzene rings is 2. The van der Waals surface area contributed by atoms with Gasteiger partial charge in [0.1, 0.15) is 29.5 Å². The Morgan fingerprint density at radius 1 is 1.08 bits per heavy atom. The molecule has 2 aliphatic heterocycles. The van der Waals surface area contributed by atoms with Gasteiger partial charge < -0.3 is 14.8 Å². The predicted octanol–water partition coefficient (Wildman–Crippen LogP) is 1.95. The summed E-state index contributed by atoms with van der Waals surface area (Å²) in [4.78, 5) is 52.3. The van der Waals surface area contributed by atoms with Crippen LogP contribution in [0.25, 0.3) is 0 Å². The van der Waals surface area contributed by atoms with Crippen molar-refractivity contribution in [2.75, 3.05) is 18.3 Å². The first kappa shape index (κ1) is 25.1. The van der Waals surface area contributed by atoms with Crippen LogP contribution in [-0.2, 0) is 30.5 Å². The van der Waals surface area contributed by atoms with Gasteiger partial charge >= 0.3 is 5.97 Å². The first-order chi connectivity index (χ1) is 17.4. The highest BCUT2D eigenvalue weighted by molar-refractivity contribution is 8.00. The van der Waals surface area contributed by atoms with Gasteiger partial charge in [-0.15, -0.1) is 11.8 Å². The summed E-state index contributed by atoms with van der Waals surface area (Å²) in [6.45, 7) is 1.63. The number of thioether (sulfide) groups is 1. The summed E-state index contributed by atoms with van der Waals surface area (Å²) in [5, 5.41) is 2.18. The molecule has 0 aromatic heterocycles. The highest BCUT2D eigenvalue weighted by Crippen LogP contribution is 2.40. The number of anilines is 1. The molecule has 2 aliphatic rings. The fourth-order valence-corrected chi connectivity index (χ4v) is 5.06. The van der Waals surface area contributed by atoms with Crippen LogP contribution >= 0.6 is 11.8 Å². The van der Waals surface area contributed by atoms with E-state index in [9.17, 15) is 19.2 Å². The molecule has 0 spiro atoms. The van der Waals surface area contributed by atoms with Crippen LogP contribution in [-0.4, -0.2) is 52.9 Å². The van der Waals surface area contributed by atoms with Crippen molar-refractivity contribution >= 4 is 41.1 Å². The quantitative estimate of drug-likeness (QED) is 0.266. The lowest BCUT2D eigenvalue weighted by molar-refractivity contribution is -0.153. The number of methoxy groups -OCH3 is 1. The average molecular weight is 511 g/mol. The van der Waals surface area contributed by atoms with E-state index in [-0.39, 0.29) is 36.0 Å². The highest BCUT2D eigenvalue weighted by Gasteiger charge is 2.55. The standard InChI is InChI=1S/C25H26N4O6S/c1-3-19(30)26-20-23(32)29-21(25(33)35-13-15-9-11-17(34-2)12-10-15)18(14-36-24(20)29)22(31)28-27-16-7-5-4-6-8-16/h4-12,20,24,27H,3,13-14H2,1-2H3,(H,26,30)(H,28,31)/t20?,24-/m0/s1. The van der Waals surface area contributed by atoms with E-state index in [1.54, 1.807) is 62.6 Å². The van der Waals surface area contributed by atoms with Crippen LogP contribution in [0.3, 0.4) is 0 Å². The summed E-state index contributed by atoms with van der Waals surface area (Å²) in [6.07, 6.45) is 0.229. The van der Waals surface area contributed by atoms with E-state index in [4.69, 9.17) is 9.47 Å². The molecule has 1 saturated heterocycles. The first-order valence-corrected chi connectivity index (χ1v) is 12.4. The van der Waals surface area contributed by atoms with Gasteiger partial charge in [0.05, 0.1) is 18.4 Å². The van der Waals surface area contributed by atoms with Crippen LogP contribution < -0.4 is 20.9 Å². The number of nitrogens with one attached hydrogen (secondary N) is 3. The molecular weight excluding hydrogens is 484 g/mol. The van der Waals surface area contributed by atoms with Crippen LogP contribution in [0, 0.1) is 0 Å². The highest BCUT2D eigenvalue weighted by atomic mass is 32.2. The molecule has 3 N–H and O–H groups in total. The third-order valence-corrected chi connectivity index (χ3v) is 6.98. The Labute approximate surface area is 212 Å². The molecule has 36 heavy (non-hydrogen) atoms. The van der Waals surface area contributed by atoms with Gasteiger partial charge in [-0.2, -0.15) is 0 Å². The van der Waals surface area contributed by atoms with Crippen LogP contribution in [0.15, 0.2) is 65.9 Å². The minimum absolute atomic E-state index is 0.0562. The Bertz CT molecular complexity index is 1180. The monoisotopic (exact) mass is 510 g/mol. The van der Waals surface area contributed by atoms with Crippen molar-refractivity contribution in [2.45, 2.75) is 31.4 Å². The molecule has 0 aliphatic carbocycles. The molecule has 10 nitrogen and oxygen atoms in total. The third kappa shape index (κ3) is 5.30. The fraction of sp³-hybridized carbons (Fsp3) is 0.280. The van der Waals surface area contributed by atoms with Crippen molar-refractivity contribution in [1.82, 2.24) is 15.6 Å². The Morgan fingerprint density at radius 3 is 2.47 bits per heavy atom. The Kier molecular flexibility index (Phi) is 7.79. The molecule has 2 atom stereocenters. The number of carbonyl (C=O) groups is 4. The Morgan fingerprint density at radius 2 is 1.81 bits per heavy atom. The van der Waals surface area contributed by atoms with Crippen LogP contribution in [0.5, 0.6) is 5.75 Å². The zero-order valence-electron chi connectivity index (χ0n) is 19.8. The number of para-hydroxylation sites is 1. The van der Waals surface area contributed by atoms with Gasteiger partial charge in [-0.3, -0.25) is 30.1 Å². The number of hydrogen-bond acceptors (Lipinski definition) is 8. The second-order valence-corrected chi connectivity index (χ2v) is 9.11. The van der Waals surface area contributed by atoms with Crippen molar-refractivity contribution in [2.24, 2.45) is 0 Å². The van der Waals surface area contributed by atoms with E-state index in [1.807, 2.05) is 6.07 Å². The third-order valence-electron chi connectivity index (χ3n) is 5.70. The van der Waals surface area contributed by atoms with Gasteiger partial charge in [-0.05, 0) is 29.8 Å². The molecule has 3 amide bonds. The van der Waals surface area contributed by atoms with Crippen molar-refractivity contribution in [3.63, 3.8) is 0 Å². The number of hydrazine groups is 1. The number of carbonyl (C=O) groups excluding carboxylic acids is 4. The van der Waals surface area contributed by atoms with Crippen LogP contribution in [0.4, 0.5) is 5.69 Å². The molecule has 0 radical (unpaired) electrons. The molecule has 1 fully saturated rings. The van der Waals surface area contributed by atoms with Gasteiger partial charge in [-0.1, -0.05) is 37.3 Å². The molecule has 2 heterocycles. The minimum atomic E-state index is -0.797. The Hall–Kier alpha value is -3.99. The van der Waals surface area contributed by atoms with Gasteiger partial charge in [0.2, 0.25) is 5.91 Å². The number of amides is 3. The second-order valence-electron chi connectivity index (χ2n) is 8.01. The molecule has 11 heteroatoms. The normalized spacial score (nSPS) is 18.5. The maximum absolute atomic E-state index is 13.2. The topological polar surface area (TPSA) is 126 Å². The average Bonchev–Trinajstić information content (AvgIpc) is 2.92. The summed E-state index contributed by atoms with van der Waals surface area (Å²) >= 11 is 1.30. The van der Waals surface area contributed by atoms with E-state index in [0.717, 1.165) is 0 Å². The van der Waals surface area contributed by atoms with E-state index < -0.39 is 29.2 Å². The van der Waals surface area contributed by atoms with E-state index in [0.29, 0.717) is 17.0 Å². The lowest BCUT2D eigenvalue weighted by Crippen LogP contribution is -2.70. The molecular formula is C25H26N4O6S. The Balaban J connectivity index is 1.54.